The molecule has 1 aliphatic heterocycles. The van der Waals surface area contributed by atoms with E-state index in [1.165, 1.54) is 22.3 Å². The standard InChI is InChI=1S/C26H39N5O/c1-4-30(5-2)20-24-12-8-6-10-22(24)18-28-26(27-3)29-19-23-11-7-9-13-25(23)21-31-14-16-32-17-15-31/h6-13H,4-5,14-21H2,1-3H3,(H2,27,28,29). The molecule has 0 spiro atoms. The molecule has 1 aliphatic rings. The van der Waals surface area contributed by atoms with Crippen molar-refractivity contribution in [2.45, 2.75) is 40.0 Å². The van der Waals surface area contributed by atoms with Gasteiger partial charge in [0, 0.05) is 46.3 Å². The zero-order chi connectivity index (χ0) is 22.6. The summed E-state index contributed by atoms with van der Waals surface area (Å²) in [6.45, 7) is 13.7. The molecule has 1 saturated heterocycles. The number of hydrogen-bond donors (Lipinski definition) is 2. The van der Waals surface area contributed by atoms with Gasteiger partial charge in [0.2, 0.25) is 0 Å². The molecule has 0 saturated carbocycles. The molecule has 174 valence electrons. The summed E-state index contributed by atoms with van der Waals surface area (Å²) in [6.07, 6.45) is 0. The predicted molar refractivity (Wildman–Crippen MR) is 133 cm³/mol. The van der Waals surface area contributed by atoms with E-state index in [0.717, 1.165) is 71.5 Å². The van der Waals surface area contributed by atoms with Crippen LogP contribution in [0.15, 0.2) is 53.5 Å². The van der Waals surface area contributed by atoms with Crippen LogP contribution in [0.1, 0.15) is 36.1 Å². The van der Waals surface area contributed by atoms with Gasteiger partial charge in [0.05, 0.1) is 13.2 Å². The molecule has 1 heterocycles. The van der Waals surface area contributed by atoms with Crippen LogP contribution >= 0.6 is 0 Å². The van der Waals surface area contributed by atoms with Gasteiger partial charge in [-0.05, 0) is 35.3 Å². The number of hydrogen-bond acceptors (Lipinski definition) is 4. The molecular weight excluding hydrogens is 398 g/mol. The van der Waals surface area contributed by atoms with Crippen molar-refractivity contribution in [2.75, 3.05) is 46.4 Å². The Labute approximate surface area is 193 Å². The van der Waals surface area contributed by atoms with Gasteiger partial charge in [0.25, 0.3) is 0 Å². The van der Waals surface area contributed by atoms with Gasteiger partial charge in [-0.1, -0.05) is 62.4 Å². The Morgan fingerprint density at radius 2 is 1.41 bits per heavy atom. The van der Waals surface area contributed by atoms with E-state index < -0.39 is 0 Å². The van der Waals surface area contributed by atoms with Gasteiger partial charge in [0.15, 0.2) is 5.96 Å². The normalized spacial score (nSPS) is 15.2. The van der Waals surface area contributed by atoms with Crippen molar-refractivity contribution in [3.63, 3.8) is 0 Å². The molecule has 6 nitrogen and oxygen atoms in total. The number of morpholine rings is 1. The second kappa shape index (κ2) is 13.2. The molecule has 2 aromatic rings. The van der Waals surface area contributed by atoms with Crippen LogP contribution in [-0.2, 0) is 30.9 Å². The van der Waals surface area contributed by atoms with Gasteiger partial charge in [-0.25, -0.2) is 0 Å². The maximum Gasteiger partial charge on any atom is 0.191 e. The molecule has 0 unspecified atom stereocenters. The summed E-state index contributed by atoms with van der Waals surface area (Å²) in [4.78, 5) is 9.35. The molecule has 2 N–H and O–H groups in total. The number of nitrogens with zero attached hydrogens (tertiary/aromatic N) is 3. The van der Waals surface area contributed by atoms with Crippen molar-refractivity contribution in [2.24, 2.45) is 4.99 Å². The quantitative estimate of drug-likeness (QED) is 0.442. The summed E-state index contributed by atoms with van der Waals surface area (Å²) >= 11 is 0. The number of nitrogens with one attached hydrogen (secondary N) is 2. The van der Waals surface area contributed by atoms with Crippen LogP contribution < -0.4 is 10.6 Å². The second-order valence-electron chi connectivity index (χ2n) is 8.17. The Morgan fingerprint density at radius 1 is 0.875 bits per heavy atom. The first-order valence-electron chi connectivity index (χ1n) is 11.8. The van der Waals surface area contributed by atoms with E-state index in [4.69, 9.17) is 4.74 Å². The zero-order valence-electron chi connectivity index (χ0n) is 19.9. The minimum Gasteiger partial charge on any atom is -0.379 e. The molecule has 0 amide bonds. The summed E-state index contributed by atoms with van der Waals surface area (Å²) in [5, 5.41) is 7.00. The Morgan fingerprint density at radius 3 is 1.97 bits per heavy atom. The average molecular weight is 438 g/mol. The Kier molecular flexibility index (Phi) is 10.0. The van der Waals surface area contributed by atoms with Crippen LogP contribution in [0.5, 0.6) is 0 Å². The summed E-state index contributed by atoms with van der Waals surface area (Å²) in [5.74, 6) is 0.823. The number of rotatable bonds is 10. The van der Waals surface area contributed by atoms with Crippen molar-refractivity contribution in [3.8, 4) is 0 Å². The Balaban J connectivity index is 1.56. The van der Waals surface area contributed by atoms with Gasteiger partial charge in [-0.2, -0.15) is 0 Å². The molecule has 0 radical (unpaired) electrons. The fourth-order valence-electron chi connectivity index (χ4n) is 4.04. The predicted octanol–water partition coefficient (Wildman–Crippen LogP) is 3.23. The Bertz CT molecular complexity index is 844. The highest BCUT2D eigenvalue weighted by Gasteiger charge is 2.13. The van der Waals surface area contributed by atoms with E-state index in [2.05, 4.69) is 87.8 Å². The first-order valence-corrected chi connectivity index (χ1v) is 11.8. The maximum atomic E-state index is 5.49. The van der Waals surface area contributed by atoms with Crippen LogP contribution in [0.2, 0.25) is 0 Å². The fourth-order valence-corrected chi connectivity index (χ4v) is 4.04. The number of ether oxygens (including phenoxy) is 1. The van der Waals surface area contributed by atoms with E-state index in [1.807, 2.05) is 7.05 Å². The molecule has 0 aromatic heterocycles. The van der Waals surface area contributed by atoms with Crippen LogP contribution in [0.3, 0.4) is 0 Å². The van der Waals surface area contributed by atoms with Gasteiger partial charge in [-0.15, -0.1) is 0 Å². The third-order valence-corrected chi connectivity index (χ3v) is 6.14. The molecule has 2 aromatic carbocycles. The van der Waals surface area contributed by atoms with Crippen LogP contribution in [0, 0.1) is 0 Å². The van der Waals surface area contributed by atoms with E-state index in [9.17, 15) is 0 Å². The first kappa shape index (κ1) is 24.2. The van der Waals surface area contributed by atoms with E-state index in [-0.39, 0.29) is 0 Å². The van der Waals surface area contributed by atoms with E-state index in [0.29, 0.717) is 0 Å². The lowest BCUT2D eigenvalue weighted by Crippen LogP contribution is -2.38. The average Bonchev–Trinajstić information content (AvgIpc) is 2.85. The van der Waals surface area contributed by atoms with Crippen molar-refractivity contribution in [1.82, 2.24) is 20.4 Å². The van der Waals surface area contributed by atoms with Crippen molar-refractivity contribution >= 4 is 5.96 Å². The molecule has 6 heteroatoms. The minimum atomic E-state index is 0.751. The third-order valence-electron chi connectivity index (χ3n) is 6.14. The highest BCUT2D eigenvalue weighted by molar-refractivity contribution is 5.79. The highest BCUT2D eigenvalue weighted by atomic mass is 16.5. The van der Waals surface area contributed by atoms with Gasteiger partial charge < -0.3 is 15.4 Å². The molecule has 1 fully saturated rings. The van der Waals surface area contributed by atoms with E-state index >= 15 is 0 Å². The molecule has 0 aliphatic carbocycles. The fraction of sp³-hybridized carbons (Fsp3) is 0.500. The van der Waals surface area contributed by atoms with Crippen molar-refractivity contribution in [3.05, 3.63) is 70.8 Å². The lowest BCUT2D eigenvalue weighted by atomic mass is 10.1. The van der Waals surface area contributed by atoms with Crippen LogP contribution in [0.25, 0.3) is 0 Å². The molecule has 0 bridgehead atoms. The SMILES string of the molecule is CCN(CC)Cc1ccccc1CNC(=NC)NCc1ccccc1CN1CCOCC1. The Hall–Kier alpha value is -2.41. The summed E-state index contributed by atoms with van der Waals surface area (Å²) in [5.41, 5.74) is 5.36. The highest BCUT2D eigenvalue weighted by Crippen LogP contribution is 2.14. The van der Waals surface area contributed by atoms with Gasteiger partial charge in [0.1, 0.15) is 0 Å². The number of benzene rings is 2. The molecule has 0 atom stereocenters. The lowest BCUT2D eigenvalue weighted by molar-refractivity contribution is 0.0341. The van der Waals surface area contributed by atoms with Crippen LogP contribution in [0.4, 0.5) is 0 Å². The first-order chi connectivity index (χ1) is 15.7. The summed E-state index contributed by atoms with van der Waals surface area (Å²) in [6, 6.07) is 17.3. The number of aliphatic imine (C=N–C) groups is 1. The monoisotopic (exact) mass is 437 g/mol. The van der Waals surface area contributed by atoms with Gasteiger partial charge >= 0.3 is 0 Å². The maximum absolute atomic E-state index is 5.49. The zero-order valence-corrected chi connectivity index (χ0v) is 19.9. The second-order valence-corrected chi connectivity index (χ2v) is 8.17. The van der Waals surface area contributed by atoms with Gasteiger partial charge in [-0.3, -0.25) is 14.8 Å². The summed E-state index contributed by atoms with van der Waals surface area (Å²) < 4.78 is 5.49. The van der Waals surface area contributed by atoms with E-state index in [1.54, 1.807) is 0 Å². The smallest absolute Gasteiger partial charge is 0.191 e. The molecule has 3 rings (SSSR count). The topological polar surface area (TPSA) is 52.1 Å². The minimum absolute atomic E-state index is 0.751. The third kappa shape index (κ3) is 7.33. The summed E-state index contributed by atoms with van der Waals surface area (Å²) in [7, 11) is 1.83. The lowest BCUT2D eigenvalue weighted by Gasteiger charge is -2.27. The number of guanidine groups is 1. The molecular formula is C26H39N5O. The molecule has 32 heavy (non-hydrogen) atoms. The van der Waals surface area contributed by atoms with Crippen LogP contribution in [-0.4, -0.2) is 62.2 Å². The van der Waals surface area contributed by atoms with Crippen molar-refractivity contribution < 1.29 is 4.74 Å². The largest absolute Gasteiger partial charge is 0.379 e. The van der Waals surface area contributed by atoms with Crippen molar-refractivity contribution in [1.29, 1.82) is 0 Å².